The molecule has 2 unspecified atom stereocenters. The summed E-state index contributed by atoms with van der Waals surface area (Å²) in [5.74, 6) is -0.807. The molecule has 6 atom stereocenters. The van der Waals surface area contributed by atoms with Crippen LogP contribution in [0.2, 0.25) is 0 Å². The van der Waals surface area contributed by atoms with Crippen molar-refractivity contribution in [3.8, 4) is 0 Å². The maximum absolute atomic E-state index is 12.8. The third-order valence-corrected chi connectivity index (χ3v) is 10.9. The van der Waals surface area contributed by atoms with Crippen molar-refractivity contribution in [3.63, 3.8) is 0 Å². The third kappa shape index (κ3) is 28.8. The van der Waals surface area contributed by atoms with Gasteiger partial charge in [0.05, 0.1) is 13.2 Å². The second-order valence-electron chi connectivity index (χ2n) is 16.2. The van der Waals surface area contributed by atoms with Crippen LogP contribution in [0.1, 0.15) is 213 Å². The Morgan fingerprint density at radius 1 is 0.536 bits per heavy atom. The van der Waals surface area contributed by atoms with Crippen molar-refractivity contribution in [2.75, 3.05) is 19.8 Å². The number of unbranched alkanes of at least 4 members (excludes halogenated alkanes) is 26. The first-order valence-corrected chi connectivity index (χ1v) is 23.3. The molecule has 0 radical (unpaired) electrons. The summed E-state index contributed by atoms with van der Waals surface area (Å²) in [5.41, 5.74) is 0. The van der Waals surface area contributed by atoms with E-state index in [2.05, 4.69) is 26.0 Å². The summed E-state index contributed by atoms with van der Waals surface area (Å²) in [7, 11) is 0. The molecule has 1 rings (SSSR count). The number of carbonyl (C=O) groups is 2. The Hall–Kier alpha value is -1.56. The number of hydrogen-bond donors (Lipinski definition) is 4. The highest BCUT2D eigenvalue weighted by molar-refractivity contribution is 5.70. The van der Waals surface area contributed by atoms with Crippen molar-refractivity contribution in [3.05, 3.63) is 12.2 Å². The van der Waals surface area contributed by atoms with E-state index in [0.29, 0.717) is 6.42 Å². The van der Waals surface area contributed by atoms with Crippen LogP contribution in [0, 0.1) is 0 Å². The van der Waals surface area contributed by atoms with Gasteiger partial charge >= 0.3 is 11.9 Å². The van der Waals surface area contributed by atoms with Crippen LogP contribution >= 0.6 is 0 Å². The smallest absolute Gasteiger partial charge is 0.306 e. The standard InChI is InChI=1S/C46H86O10/c1-3-5-7-9-11-13-15-17-18-19-20-21-22-23-25-27-29-31-33-35-42(49)55-39(38-54-46-45(52)44(51)43(50)40(36-47)56-46)37-53-41(48)34-32-30-28-26-24-16-14-12-10-8-6-4-2/h12,14,39-40,43-47,50-52H,3-11,13,15-38H2,1-2H3/b14-12+/t39-,40-,43+,44?,45?,46-/m1/s1. The van der Waals surface area contributed by atoms with E-state index < -0.39 is 49.4 Å². The summed E-state index contributed by atoms with van der Waals surface area (Å²) in [5, 5.41) is 40.1. The van der Waals surface area contributed by atoms with Gasteiger partial charge in [-0.2, -0.15) is 0 Å². The molecule has 0 amide bonds. The van der Waals surface area contributed by atoms with Crippen LogP contribution in [0.3, 0.4) is 0 Å². The van der Waals surface area contributed by atoms with Gasteiger partial charge in [0.15, 0.2) is 12.4 Å². The molecule has 0 spiro atoms. The van der Waals surface area contributed by atoms with E-state index in [9.17, 15) is 30.0 Å². The van der Waals surface area contributed by atoms with Crippen molar-refractivity contribution in [2.45, 2.75) is 250 Å². The summed E-state index contributed by atoms with van der Waals surface area (Å²) in [6.07, 6.45) is 32.2. The summed E-state index contributed by atoms with van der Waals surface area (Å²) in [6.45, 7) is 3.41. The zero-order chi connectivity index (χ0) is 40.9. The van der Waals surface area contributed by atoms with Gasteiger partial charge in [0.1, 0.15) is 31.0 Å². The highest BCUT2D eigenvalue weighted by Gasteiger charge is 2.44. The predicted octanol–water partition coefficient (Wildman–Crippen LogP) is 9.95. The first-order chi connectivity index (χ1) is 27.3. The molecule has 4 N–H and O–H groups in total. The number of aliphatic hydroxyl groups excluding tert-OH is 4. The van der Waals surface area contributed by atoms with Crippen LogP contribution in [0.4, 0.5) is 0 Å². The highest BCUT2D eigenvalue weighted by atomic mass is 16.7. The normalized spacial score (nSPS) is 20.4. The molecule has 10 nitrogen and oxygen atoms in total. The maximum atomic E-state index is 12.8. The summed E-state index contributed by atoms with van der Waals surface area (Å²) in [6, 6.07) is 0. The SMILES string of the molecule is CCCCC/C=C/CCCCCCCC(=O)OC[C@H](CO[C@@H]1O[C@H](CO)[C@H](O)C(O)C1O)OC(=O)CCCCCCCCCCCCCCCCCCCCC. The molecule has 0 aromatic heterocycles. The maximum Gasteiger partial charge on any atom is 0.306 e. The molecule has 0 aromatic carbocycles. The molecule has 1 aliphatic rings. The van der Waals surface area contributed by atoms with E-state index in [0.717, 1.165) is 64.2 Å². The van der Waals surface area contributed by atoms with Gasteiger partial charge in [-0.15, -0.1) is 0 Å². The number of esters is 2. The van der Waals surface area contributed by atoms with Crippen molar-refractivity contribution in [2.24, 2.45) is 0 Å². The molecule has 1 saturated heterocycles. The topological polar surface area (TPSA) is 152 Å². The van der Waals surface area contributed by atoms with Gasteiger partial charge in [0, 0.05) is 12.8 Å². The van der Waals surface area contributed by atoms with Crippen LogP contribution in [0.15, 0.2) is 12.2 Å². The molecule has 1 fully saturated rings. The minimum atomic E-state index is -1.59. The number of aliphatic hydroxyl groups is 4. The van der Waals surface area contributed by atoms with Crippen LogP contribution < -0.4 is 0 Å². The highest BCUT2D eigenvalue weighted by Crippen LogP contribution is 2.23. The van der Waals surface area contributed by atoms with Crippen LogP contribution in [0.25, 0.3) is 0 Å². The van der Waals surface area contributed by atoms with E-state index >= 15 is 0 Å². The van der Waals surface area contributed by atoms with Crippen LogP contribution in [-0.4, -0.2) is 89.0 Å². The Bertz CT molecular complexity index is 928. The second-order valence-corrected chi connectivity index (χ2v) is 16.2. The molecule has 1 aliphatic heterocycles. The van der Waals surface area contributed by atoms with Gasteiger partial charge in [-0.25, -0.2) is 0 Å². The molecular formula is C46H86O10. The average molecular weight is 799 g/mol. The quantitative estimate of drug-likeness (QED) is 0.0269. The monoisotopic (exact) mass is 799 g/mol. The average Bonchev–Trinajstić information content (AvgIpc) is 3.19. The van der Waals surface area contributed by atoms with E-state index in [1.165, 1.54) is 116 Å². The lowest BCUT2D eigenvalue weighted by atomic mass is 9.99. The summed E-state index contributed by atoms with van der Waals surface area (Å²) in [4.78, 5) is 25.3. The van der Waals surface area contributed by atoms with Gasteiger partial charge in [-0.3, -0.25) is 9.59 Å². The lowest BCUT2D eigenvalue weighted by molar-refractivity contribution is -0.305. The van der Waals surface area contributed by atoms with Crippen LogP contribution in [0.5, 0.6) is 0 Å². The van der Waals surface area contributed by atoms with Crippen LogP contribution in [-0.2, 0) is 28.5 Å². The van der Waals surface area contributed by atoms with Crippen molar-refractivity contribution < 1.29 is 49.0 Å². The Morgan fingerprint density at radius 3 is 1.43 bits per heavy atom. The molecule has 330 valence electrons. The number of hydrogen-bond acceptors (Lipinski definition) is 10. The molecular weight excluding hydrogens is 712 g/mol. The van der Waals surface area contributed by atoms with E-state index in [4.69, 9.17) is 18.9 Å². The Morgan fingerprint density at radius 2 is 0.946 bits per heavy atom. The molecule has 0 saturated carbocycles. The Kier molecular flexibility index (Phi) is 35.3. The van der Waals surface area contributed by atoms with Gasteiger partial charge in [0.2, 0.25) is 0 Å². The minimum Gasteiger partial charge on any atom is -0.462 e. The number of rotatable bonds is 39. The molecule has 10 heteroatoms. The predicted molar refractivity (Wildman–Crippen MR) is 224 cm³/mol. The molecule has 56 heavy (non-hydrogen) atoms. The lowest BCUT2D eigenvalue weighted by Crippen LogP contribution is -2.59. The zero-order valence-corrected chi connectivity index (χ0v) is 35.9. The van der Waals surface area contributed by atoms with E-state index in [1.54, 1.807) is 0 Å². The van der Waals surface area contributed by atoms with Gasteiger partial charge in [-0.1, -0.05) is 174 Å². The Labute approximate surface area is 341 Å². The first kappa shape index (κ1) is 52.5. The Balaban J connectivity index is 2.28. The first-order valence-electron chi connectivity index (χ1n) is 23.3. The fourth-order valence-electron chi connectivity index (χ4n) is 7.18. The molecule has 1 heterocycles. The van der Waals surface area contributed by atoms with E-state index in [-0.39, 0.29) is 32.0 Å². The van der Waals surface area contributed by atoms with Gasteiger partial charge in [-0.05, 0) is 38.5 Å². The third-order valence-electron chi connectivity index (χ3n) is 10.9. The van der Waals surface area contributed by atoms with Crippen molar-refractivity contribution in [1.82, 2.24) is 0 Å². The fourth-order valence-corrected chi connectivity index (χ4v) is 7.18. The summed E-state index contributed by atoms with van der Waals surface area (Å²) >= 11 is 0. The van der Waals surface area contributed by atoms with Crippen molar-refractivity contribution in [1.29, 1.82) is 0 Å². The van der Waals surface area contributed by atoms with E-state index in [1.807, 2.05) is 0 Å². The molecule has 0 aliphatic carbocycles. The number of allylic oxidation sites excluding steroid dienone is 2. The van der Waals surface area contributed by atoms with Gasteiger partial charge < -0.3 is 39.4 Å². The van der Waals surface area contributed by atoms with Crippen molar-refractivity contribution >= 4 is 11.9 Å². The molecule has 0 bridgehead atoms. The second kappa shape index (κ2) is 37.7. The summed E-state index contributed by atoms with van der Waals surface area (Å²) < 4.78 is 22.2. The lowest BCUT2D eigenvalue weighted by Gasteiger charge is -2.39. The number of carbonyl (C=O) groups excluding carboxylic acids is 2. The molecule has 0 aromatic rings. The minimum absolute atomic E-state index is 0.216. The largest absolute Gasteiger partial charge is 0.462 e. The van der Waals surface area contributed by atoms with Gasteiger partial charge in [0.25, 0.3) is 0 Å². The fraction of sp³-hybridized carbons (Fsp3) is 0.913. The number of ether oxygens (including phenoxy) is 4. The zero-order valence-electron chi connectivity index (χ0n) is 35.9.